The predicted octanol–water partition coefficient (Wildman–Crippen LogP) is 2.59. The fourth-order valence-electron chi connectivity index (χ4n) is 4.73. The Hall–Kier alpha value is -2.75. The van der Waals surface area contributed by atoms with Gasteiger partial charge < -0.3 is 35.5 Å². The lowest BCUT2D eigenvalue weighted by molar-refractivity contribution is 0.00333. The normalized spacial score (nSPS) is 23.3. The molecule has 9 heteroatoms. The van der Waals surface area contributed by atoms with Gasteiger partial charge in [0.15, 0.2) is 0 Å². The van der Waals surface area contributed by atoms with Crippen molar-refractivity contribution in [3.05, 3.63) is 34.9 Å². The number of hydrogen-bond acceptors (Lipinski definition) is 9. The zero-order valence-corrected chi connectivity index (χ0v) is 19.6. The largest absolute Gasteiger partial charge is 0.467 e. The Bertz CT molecular complexity index is 985. The Labute approximate surface area is 195 Å². The second-order valence-electron chi connectivity index (χ2n) is 8.86. The molecule has 3 unspecified atom stereocenters. The van der Waals surface area contributed by atoms with Gasteiger partial charge in [-0.1, -0.05) is 0 Å². The zero-order chi connectivity index (χ0) is 23.4. The summed E-state index contributed by atoms with van der Waals surface area (Å²) in [6.07, 6.45) is 3.33. The van der Waals surface area contributed by atoms with E-state index in [1.807, 2.05) is 6.07 Å². The van der Waals surface area contributed by atoms with E-state index in [4.69, 9.17) is 14.9 Å². The smallest absolute Gasteiger partial charge is 0.320 e. The lowest BCUT2D eigenvalue weighted by atomic mass is 9.84. The standard InChI is InChI=1S/C24H34N6O3/c1-15-8-18(12-25)21(10-20(15)17-4-5-26-16(2)9-17)27-22-11-23(29-24(28-22)32-3)30-6-7-33-19(13-30)14-31/h8,10-12,16-17,19,25-26,31H,4-7,9,13-14H2,1-3H3,(H,27,28,29). The minimum Gasteiger partial charge on any atom is -0.467 e. The molecule has 0 bridgehead atoms. The first-order valence-electron chi connectivity index (χ1n) is 11.6. The van der Waals surface area contributed by atoms with Gasteiger partial charge in [-0.2, -0.15) is 9.97 Å². The van der Waals surface area contributed by atoms with E-state index >= 15 is 0 Å². The van der Waals surface area contributed by atoms with E-state index in [-0.39, 0.29) is 18.7 Å². The highest BCUT2D eigenvalue weighted by Crippen LogP contribution is 2.34. The number of ether oxygens (including phenoxy) is 2. The van der Waals surface area contributed by atoms with Crippen LogP contribution in [0, 0.1) is 12.3 Å². The van der Waals surface area contributed by atoms with Gasteiger partial charge >= 0.3 is 6.01 Å². The van der Waals surface area contributed by atoms with Gasteiger partial charge in [-0.05, 0) is 62.4 Å². The van der Waals surface area contributed by atoms with Crippen LogP contribution in [0.4, 0.5) is 17.3 Å². The Morgan fingerprint density at radius 2 is 2.21 bits per heavy atom. The molecule has 2 fully saturated rings. The van der Waals surface area contributed by atoms with Crippen LogP contribution in [0.2, 0.25) is 0 Å². The summed E-state index contributed by atoms with van der Waals surface area (Å²) in [4.78, 5) is 11.1. The highest BCUT2D eigenvalue weighted by molar-refractivity contribution is 5.88. The quantitative estimate of drug-likeness (QED) is 0.472. The molecule has 9 nitrogen and oxygen atoms in total. The monoisotopic (exact) mass is 454 g/mol. The summed E-state index contributed by atoms with van der Waals surface area (Å²) < 4.78 is 10.9. The minimum absolute atomic E-state index is 0.0338. The van der Waals surface area contributed by atoms with Gasteiger partial charge in [0.25, 0.3) is 0 Å². The molecule has 0 amide bonds. The van der Waals surface area contributed by atoms with Crippen LogP contribution in [0.1, 0.15) is 42.4 Å². The number of rotatable bonds is 7. The minimum atomic E-state index is -0.243. The van der Waals surface area contributed by atoms with Crippen molar-refractivity contribution in [1.82, 2.24) is 15.3 Å². The predicted molar refractivity (Wildman–Crippen MR) is 129 cm³/mol. The van der Waals surface area contributed by atoms with Gasteiger partial charge in [0.05, 0.1) is 26.4 Å². The molecule has 33 heavy (non-hydrogen) atoms. The number of anilines is 3. The number of nitrogens with one attached hydrogen (secondary N) is 3. The van der Waals surface area contributed by atoms with Crippen LogP contribution in [0.25, 0.3) is 0 Å². The van der Waals surface area contributed by atoms with Crippen molar-refractivity contribution in [2.24, 2.45) is 0 Å². The van der Waals surface area contributed by atoms with Crippen LogP contribution in [-0.2, 0) is 4.74 Å². The van der Waals surface area contributed by atoms with Crippen molar-refractivity contribution in [1.29, 1.82) is 5.41 Å². The zero-order valence-electron chi connectivity index (χ0n) is 19.6. The summed E-state index contributed by atoms with van der Waals surface area (Å²) in [5, 5.41) is 24.4. The molecule has 0 saturated carbocycles. The Morgan fingerprint density at radius 1 is 1.36 bits per heavy atom. The van der Waals surface area contributed by atoms with Crippen LogP contribution in [0.5, 0.6) is 6.01 Å². The summed E-state index contributed by atoms with van der Waals surface area (Å²) in [7, 11) is 1.55. The van der Waals surface area contributed by atoms with E-state index in [0.717, 1.165) is 30.6 Å². The Morgan fingerprint density at radius 3 is 2.94 bits per heavy atom. The molecular weight excluding hydrogens is 420 g/mol. The van der Waals surface area contributed by atoms with Crippen molar-refractivity contribution in [3.63, 3.8) is 0 Å². The molecule has 0 aliphatic carbocycles. The van der Waals surface area contributed by atoms with E-state index in [1.54, 1.807) is 7.11 Å². The summed E-state index contributed by atoms with van der Waals surface area (Å²) >= 11 is 0. The molecule has 4 rings (SSSR count). The third-order valence-electron chi connectivity index (χ3n) is 6.46. The molecule has 4 N–H and O–H groups in total. The van der Waals surface area contributed by atoms with Crippen LogP contribution in [-0.4, -0.2) is 73.4 Å². The molecule has 2 saturated heterocycles. The average Bonchev–Trinajstić information content (AvgIpc) is 2.84. The van der Waals surface area contributed by atoms with Gasteiger partial charge in [0.1, 0.15) is 11.6 Å². The number of methoxy groups -OCH3 is 1. The van der Waals surface area contributed by atoms with Gasteiger partial charge in [-0.25, -0.2) is 0 Å². The lowest BCUT2D eigenvalue weighted by Crippen LogP contribution is -2.44. The van der Waals surface area contributed by atoms with E-state index in [0.29, 0.717) is 43.3 Å². The highest BCUT2D eigenvalue weighted by Gasteiger charge is 2.24. The summed E-state index contributed by atoms with van der Waals surface area (Å²) in [6, 6.07) is 6.88. The summed E-state index contributed by atoms with van der Waals surface area (Å²) in [5.41, 5.74) is 4.18. The average molecular weight is 455 g/mol. The number of piperidine rings is 1. The summed E-state index contributed by atoms with van der Waals surface area (Å²) in [5.74, 6) is 1.79. The van der Waals surface area contributed by atoms with E-state index in [2.05, 4.69) is 51.5 Å². The van der Waals surface area contributed by atoms with Crippen LogP contribution < -0.4 is 20.3 Å². The highest BCUT2D eigenvalue weighted by atomic mass is 16.5. The number of aliphatic hydroxyl groups excluding tert-OH is 1. The molecule has 2 aromatic rings. The van der Waals surface area contributed by atoms with Crippen molar-refractivity contribution in [3.8, 4) is 6.01 Å². The number of morpholine rings is 1. The van der Waals surface area contributed by atoms with E-state index in [9.17, 15) is 5.11 Å². The molecule has 0 spiro atoms. The number of aliphatic hydroxyl groups is 1. The van der Waals surface area contributed by atoms with Gasteiger partial charge in [0, 0.05) is 42.7 Å². The SMILES string of the molecule is COc1nc(Nc2cc(C3CCNC(C)C3)c(C)cc2C=N)cc(N2CCOC(CO)C2)n1. The third kappa shape index (κ3) is 5.43. The molecule has 2 aliphatic heterocycles. The maximum absolute atomic E-state index is 9.49. The maximum Gasteiger partial charge on any atom is 0.320 e. The number of benzene rings is 1. The van der Waals surface area contributed by atoms with Gasteiger partial charge in [-0.3, -0.25) is 0 Å². The van der Waals surface area contributed by atoms with E-state index < -0.39 is 0 Å². The molecule has 3 atom stereocenters. The van der Waals surface area contributed by atoms with Crippen molar-refractivity contribution < 1.29 is 14.6 Å². The van der Waals surface area contributed by atoms with Crippen LogP contribution in [0.3, 0.4) is 0 Å². The Balaban J connectivity index is 1.65. The fraction of sp³-hybridized carbons (Fsp3) is 0.542. The topological polar surface area (TPSA) is 116 Å². The summed E-state index contributed by atoms with van der Waals surface area (Å²) in [6.45, 7) is 7.08. The Kier molecular flexibility index (Phi) is 7.42. The fourth-order valence-corrected chi connectivity index (χ4v) is 4.73. The van der Waals surface area contributed by atoms with Gasteiger partial charge in [0.2, 0.25) is 0 Å². The van der Waals surface area contributed by atoms with Gasteiger partial charge in [-0.15, -0.1) is 0 Å². The van der Waals surface area contributed by atoms with Crippen molar-refractivity contribution in [2.75, 3.05) is 50.2 Å². The number of nitrogens with zero attached hydrogens (tertiary/aromatic N) is 3. The molecule has 1 aromatic heterocycles. The van der Waals surface area contributed by atoms with E-state index in [1.165, 1.54) is 17.3 Å². The molecule has 3 heterocycles. The van der Waals surface area contributed by atoms with Crippen molar-refractivity contribution >= 4 is 23.5 Å². The molecule has 1 aromatic carbocycles. The van der Waals surface area contributed by atoms with Crippen LogP contribution >= 0.6 is 0 Å². The molecular formula is C24H34N6O3. The first-order chi connectivity index (χ1) is 16.0. The van der Waals surface area contributed by atoms with Crippen molar-refractivity contribution in [2.45, 2.75) is 44.8 Å². The lowest BCUT2D eigenvalue weighted by Gasteiger charge is -2.33. The number of hydrogen-bond donors (Lipinski definition) is 4. The number of aromatic nitrogens is 2. The van der Waals surface area contributed by atoms with Crippen LogP contribution in [0.15, 0.2) is 18.2 Å². The third-order valence-corrected chi connectivity index (χ3v) is 6.46. The maximum atomic E-state index is 9.49. The second kappa shape index (κ2) is 10.5. The molecule has 2 aliphatic rings. The first-order valence-corrected chi connectivity index (χ1v) is 11.6. The molecule has 178 valence electrons. The number of aryl methyl sites for hydroxylation is 1. The second-order valence-corrected chi connectivity index (χ2v) is 8.86. The molecule has 0 radical (unpaired) electrons. The first kappa shape index (κ1) is 23.4.